The van der Waals surface area contributed by atoms with E-state index in [-0.39, 0.29) is 0 Å². The quantitative estimate of drug-likeness (QED) is 0.924. The zero-order chi connectivity index (χ0) is 13.9. The fraction of sp³-hybridized carbons (Fsp3) is 0.438. The van der Waals surface area contributed by atoms with E-state index in [9.17, 15) is 0 Å². The second kappa shape index (κ2) is 5.67. The average Bonchev–Trinajstić information content (AvgIpc) is 2.83. The number of aryl methyl sites for hydroxylation is 1. The normalized spacial score (nSPS) is 17.9. The van der Waals surface area contributed by atoms with Crippen molar-refractivity contribution < 1.29 is 0 Å². The van der Waals surface area contributed by atoms with Gasteiger partial charge in [0.05, 0.1) is 6.20 Å². The number of hydrogen-bond donors (Lipinski definition) is 1. The lowest BCUT2D eigenvalue weighted by atomic mass is 9.93. The number of rotatable bonds is 4. The number of benzene rings is 1. The van der Waals surface area contributed by atoms with Crippen molar-refractivity contribution in [3.05, 3.63) is 47.8 Å². The van der Waals surface area contributed by atoms with Gasteiger partial charge in [0.25, 0.3) is 0 Å². The van der Waals surface area contributed by atoms with Crippen molar-refractivity contribution in [3.63, 3.8) is 0 Å². The molecule has 1 atom stereocenters. The van der Waals surface area contributed by atoms with Crippen LogP contribution in [0.25, 0.3) is 0 Å². The van der Waals surface area contributed by atoms with E-state index in [1.807, 2.05) is 17.9 Å². The molecule has 0 spiro atoms. The van der Waals surface area contributed by atoms with Crippen LogP contribution in [-0.2, 0) is 20.0 Å². The fourth-order valence-corrected chi connectivity index (χ4v) is 3.01. The summed E-state index contributed by atoms with van der Waals surface area (Å²) in [5.41, 5.74) is 4.02. The Bertz CT molecular complexity index is 575. The van der Waals surface area contributed by atoms with Crippen LogP contribution in [0.3, 0.4) is 0 Å². The number of aromatic nitrogens is 2. The first-order valence-corrected chi connectivity index (χ1v) is 7.18. The summed E-state index contributed by atoms with van der Waals surface area (Å²) < 4.78 is 1.86. The number of nitrogens with one attached hydrogen (secondary N) is 1. The highest BCUT2D eigenvalue weighted by molar-refractivity contribution is 5.53. The Morgan fingerprint density at radius 1 is 1.40 bits per heavy atom. The third kappa shape index (κ3) is 3.02. The Kier molecular flexibility index (Phi) is 3.74. The Morgan fingerprint density at radius 2 is 2.25 bits per heavy atom. The van der Waals surface area contributed by atoms with Gasteiger partial charge in [0.15, 0.2) is 0 Å². The number of nitrogens with zero attached hydrogens (tertiary/aromatic N) is 3. The lowest BCUT2D eigenvalue weighted by molar-refractivity contribution is 0.271. The first-order valence-electron chi connectivity index (χ1n) is 7.18. The highest BCUT2D eigenvalue weighted by Gasteiger charge is 2.19. The first kappa shape index (κ1) is 13.2. The van der Waals surface area contributed by atoms with Crippen LogP contribution in [0.15, 0.2) is 36.7 Å². The molecule has 4 nitrogen and oxygen atoms in total. The van der Waals surface area contributed by atoms with Crippen LogP contribution in [0.5, 0.6) is 0 Å². The Labute approximate surface area is 120 Å². The Hall–Kier alpha value is -1.81. The maximum atomic E-state index is 4.22. The minimum Gasteiger partial charge on any atom is -0.384 e. The van der Waals surface area contributed by atoms with E-state index >= 15 is 0 Å². The molecule has 0 saturated heterocycles. The second-order valence-corrected chi connectivity index (χ2v) is 5.83. The summed E-state index contributed by atoms with van der Waals surface area (Å²) in [5.74, 6) is 0.673. The van der Waals surface area contributed by atoms with Crippen LogP contribution >= 0.6 is 0 Å². The zero-order valence-corrected chi connectivity index (χ0v) is 12.2. The molecule has 1 aliphatic rings. The van der Waals surface area contributed by atoms with Gasteiger partial charge in [0.1, 0.15) is 0 Å². The van der Waals surface area contributed by atoms with E-state index < -0.39 is 0 Å². The minimum atomic E-state index is 0.673. The van der Waals surface area contributed by atoms with Gasteiger partial charge in [-0.1, -0.05) is 18.2 Å². The van der Waals surface area contributed by atoms with Gasteiger partial charge < -0.3 is 10.2 Å². The molecule has 3 rings (SSSR count). The van der Waals surface area contributed by atoms with Gasteiger partial charge >= 0.3 is 0 Å². The summed E-state index contributed by atoms with van der Waals surface area (Å²) in [5, 5.41) is 7.77. The number of anilines is 1. The van der Waals surface area contributed by atoms with Crippen molar-refractivity contribution in [2.45, 2.75) is 13.0 Å². The summed E-state index contributed by atoms with van der Waals surface area (Å²) in [7, 11) is 4.15. The molecule has 0 aliphatic carbocycles. The molecule has 2 aromatic rings. The molecule has 1 aromatic carbocycles. The van der Waals surface area contributed by atoms with Crippen molar-refractivity contribution in [2.75, 3.05) is 25.5 Å². The highest BCUT2D eigenvalue weighted by Crippen LogP contribution is 2.24. The third-order valence-corrected chi connectivity index (χ3v) is 3.89. The van der Waals surface area contributed by atoms with E-state index in [4.69, 9.17) is 0 Å². The van der Waals surface area contributed by atoms with Crippen LogP contribution in [0.2, 0.25) is 0 Å². The minimum absolute atomic E-state index is 0.673. The lowest BCUT2D eigenvalue weighted by Gasteiger charge is -2.29. The van der Waals surface area contributed by atoms with Crippen molar-refractivity contribution in [3.8, 4) is 0 Å². The van der Waals surface area contributed by atoms with Gasteiger partial charge in [-0.2, -0.15) is 5.10 Å². The lowest BCUT2D eigenvalue weighted by Crippen LogP contribution is -2.33. The molecule has 20 heavy (non-hydrogen) atoms. The number of para-hydroxylation sites is 1. The van der Waals surface area contributed by atoms with Crippen LogP contribution in [0, 0.1) is 5.92 Å². The summed E-state index contributed by atoms with van der Waals surface area (Å²) >= 11 is 0. The maximum absolute atomic E-state index is 4.22. The molecular weight excluding hydrogens is 248 g/mol. The van der Waals surface area contributed by atoms with E-state index in [1.54, 1.807) is 0 Å². The molecular formula is C16H22N4. The van der Waals surface area contributed by atoms with Gasteiger partial charge in [-0.3, -0.25) is 4.68 Å². The molecule has 1 unspecified atom stereocenters. The maximum Gasteiger partial charge on any atom is 0.0534 e. The molecule has 2 heterocycles. The van der Waals surface area contributed by atoms with Crippen molar-refractivity contribution in [1.29, 1.82) is 0 Å². The van der Waals surface area contributed by atoms with Crippen LogP contribution < -0.4 is 5.32 Å². The SMILES string of the molecule is CN(Cc1cnn(C)c1)CC1CNc2ccccc2C1. The molecule has 0 amide bonds. The molecule has 1 N–H and O–H groups in total. The number of fused-ring (bicyclic) bond motifs is 1. The fourth-order valence-electron chi connectivity index (χ4n) is 3.01. The summed E-state index contributed by atoms with van der Waals surface area (Å²) in [6.45, 7) is 3.14. The highest BCUT2D eigenvalue weighted by atomic mass is 15.2. The predicted octanol–water partition coefficient (Wildman–Crippen LogP) is 2.14. The molecule has 1 aliphatic heterocycles. The Balaban J connectivity index is 1.56. The molecule has 106 valence electrons. The summed E-state index contributed by atoms with van der Waals surface area (Å²) in [6, 6.07) is 8.63. The van der Waals surface area contributed by atoms with E-state index in [0.29, 0.717) is 5.92 Å². The van der Waals surface area contributed by atoms with E-state index in [1.165, 1.54) is 23.2 Å². The molecule has 0 fully saturated rings. The standard InChI is InChI=1S/C16H22N4/c1-19(11-14-9-18-20(2)12-14)10-13-7-15-5-3-4-6-16(15)17-8-13/h3-6,9,12-13,17H,7-8,10-11H2,1-2H3. The molecule has 0 bridgehead atoms. The monoisotopic (exact) mass is 270 g/mol. The first-order chi connectivity index (χ1) is 9.70. The van der Waals surface area contributed by atoms with E-state index in [2.05, 4.69) is 52.8 Å². The molecule has 0 saturated carbocycles. The molecule has 0 radical (unpaired) electrons. The third-order valence-electron chi connectivity index (χ3n) is 3.89. The molecule has 4 heteroatoms. The van der Waals surface area contributed by atoms with Crippen LogP contribution in [0.4, 0.5) is 5.69 Å². The van der Waals surface area contributed by atoms with Gasteiger partial charge in [0.2, 0.25) is 0 Å². The van der Waals surface area contributed by atoms with Gasteiger partial charge in [-0.15, -0.1) is 0 Å². The van der Waals surface area contributed by atoms with Crippen molar-refractivity contribution >= 4 is 5.69 Å². The van der Waals surface area contributed by atoms with Gasteiger partial charge in [-0.05, 0) is 31.0 Å². The largest absolute Gasteiger partial charge is 0.384 e. The second-order valence-electron chi connectivity index (χ2n) is 5.83. The van der Waals surface area contributed by atoms with Crippen molar-refractivity contribution in [2.24, 2.45) is 13.0 Å². The van der Waals surface area contributed by atoms with Crippen molar-refractivity contribution in [1.82, 2.24) is 14.7 Å². The summed E-state index contributed by atoms with van der Waals surface area (Å²) in [6.07, 6.45) is 5.20. The smallest absolute Gasteiger partial charge is 0.0534 e. The topological polar surface area (TPSA) is 33.1 Å². The van der Waals surface area contributed by atoms with Gasteiger partial charge in [0, 0.05) is 44.1 Å². The summed E-state index contributed by atoms with van der Waals surface area (Å²) in [4.78, 5) is 2.39. The zero-order valence-electron chi connectivity index (χ0n) is 12.2. The van der Waals surface area contributed by atoms with Gasteiger partial charge in [-0.25, -0.2) is 0 Å². The van der Waals surface area contributed by atoms with E-state index in [0.717, 1.165) is 19.6 Å². The predicted molar refractivity (Wildman–Crippen MR) is 81.7 cm³/mol. The Morgan fingerprint density at radius 3 is 3.05 bits per heavy atom. The van der Waals surface area contributed by atoms with Crippen LogP contribution in [-0.4, -0.2) is 34.8 Å². The molecule has 1 aromatic heterocycles. The van der Waals surface area contributed by atoms with Crippen LogP contribution in [0.1, 0.15) is 11.1 Å². The number of hydrogen-bond acceptors (Lipinski definition) is 3. The average molecular weight is 270 g/mol.